The molecule has 2 rings (SSSR count). The van der Waals surface area contributed by atoms with Crippen LogP contribution >= 0.6 is 11.8 Å². The van der Waals surface area contributed by atoms with Gasteiger partial charge in [-0.25, -0.2) is 0 Å². The number of hydrogen-bond donors (Lipinski definition) is 0. The summed E-state index contributed by atoms with van der Waals surface area (Å²) in [6, 6.07) is 8.57. The van der Waals surface area contributed by atoms with Gasteiger partial charge in [-0.05, 0) is 38.3 Å². The second-order valence-electron chi connectivity index (χ2n) is 5.29. The van der Waals surface area contributed by atoms with E-state index in [1.165, 1.54) is 16.9 Å². The van der Waals surface area contributed by atoms with Gasteiger partial charge >= 0.3 is 0 Å². The van der Waals surface area contributed by atoms with Crippen LogP contribution in [0.2, 0.25) is 0 Å². The molecule has 1 saturated carbocycles. The molecule has 0 aromatic heterocycles. The molecule has 0 radical (unpaired) electrons. The number of unbranched alkanes of at least 4 members (excludes halogenated alkanes) is 1. The SMILES string of the molecule is CCCCC1(Sc2ccc(C)cc2)CCCC1=O. The fraction of sp³-hybridized carbons (Fsp3) is 0.562. The number of ketones is 1. The van der Waals surface area contributed by atoms with E-state index in [0.717, 1.165) is 32.1 Å². The molecule has 0 bridgehead atoms. The molecule has 1 unspecified atom stereocenters. The maximum atomic E-state index is 12.3. The molecule has 0 aliphatic heterocycles. The quantitative estimate of drug-likeness (QED) is 0.760. The van der Waals surface area contributed by atoms with Crippen molar-refractivity contribution in [3.63, 3.8) is 0 Å². The second-order valence-corrected chi connectivity index (χ2v) is 6.75. The predicted molar refractivity (Wildman–Crippen MR) is 78.2 cm³/mol. The number of hydrogen-bond acceptors (Lipinski definition) is 2. The van der Waals surface area contributed by atoms with Crippen molar-refractivity contribution in [2.75, 3.05) is 0 Å². The normalized spacial score (nSPS) is 23.6. The first-order valence-corrected chi connectivity index (χ1v) is 7.77. The van der Waals surface area contributed by atoms with E-state index in [1.54, 1.807) is 11.8 Å². The van der Waals surface area contributed by atoms with Crippen LogP contribution in [0.4, 0.5) is 0 Å². The fourth-order valence-electron chi connectivity index (χ4n) is 2.62. The van der Waals surface area contributed by atoms with E-state index in [9.17, 15) is 4.79 Å². The van der Waals surface area contributed by atoms with Crippen LogP contribution in [-0.4, -0.2) is 10.5 Å². The molecule has 0 spiro atoms. The van der Waals surface area contributed by atoms with Gasteiger partial charge < -0.3 is 0 Å². The summed E-state index contributed by atoms with van der Waals surface area (Å²) in [7, 11) is 0. The van der Waals surface area contributed by atoms with Crippen molar-refractivity contribution in [3.05, 3.63) is 29.8 Å². The van der Waals surface area contributed by atoms with Crippen LogP contribution in [-0.2, 0) is 4.79 Å². The third kappa shape index (κ3) is 2.97. The van der Waals surface area contributed by atoms with E-state index in [-0.39, 0.29) is 4.75 Å². The predicted octanol–water partition coefficient (Wildman–Crippen LogP) is 4.77. The summed E-state index contributed by atoms with van der Waals surface area (Å²) < 4.78 is -0.120. The van der Waals surface area contributed by atoms with Crippen molar-refractivity contribution in [1.82, 2.24) is 0 Å². The van der Waals surface area contributed by atoms with E-state index >= 15 is 0 Å². The van der Waals surface area contributed by atoms with Crippen LogP contribution in [0.5, 0.6) is 0 Å². The number of carbonyl (C=O) groups excluding carboxylic acids is 1. The Labute approximate surface area is 114 Å². The van der Waals surface area contributed by atoms with Gasteiger partial charge in [-0.1, -0.05) is 37.5 Å². The lowest BCUT2D eigenvalue weighted by Crippen LogP contribution is -2.29. The molecule has 0 saturated heterocycles. The van der Waals surface area contributed by atoms with Gasteiger partial charge in [0.15, 0.2) is 0 Å². The number of carbonyl (C=O) groups is 1. The number of benzene rings is 1. The van der Waals surface area contributed by atoms with Gasteiger partial charge in [0, 0.05) is 11.3 Å². The van der Waals surface area contributed by atoms with Crippen molar-refractivity contribution in [2.45, 2.75) is 62.0 Å². The summed E-state index contributed by atoms with van der Waals surface area (Å²) in [5, 5.41) is 0. The Kier molecular flexibility index (Phi) is 4.50. The van der Waals surface area contributed by atoms with E-state index in [0.29, 0.717) is 5.78 Å². The van der Waals surface area contributed by atoms with Crippen LogP contribution in [0.3, 0.4) is 0 Å². The van der Waals surface area contributed by atoms with Gasteiger partial charge in [-0.15, -0.1) is 11.8 Å². The van der Waals surface area contributed by atoms with Gasteiger partial charge in [-0.3, -0.25) is 4.79 Å². The van der Waals surface area contributed by atoms with Gasteiger partial charge in [0.1, 0.15) is 5.78 Å². The Hall–Kier alpha value is -0.760. The number of rotatable bonds is 5. The lowest BCUT2D eigenvalue weighted by atomic mass is 9.99. The van der Waals surface area contributed by atoms with E-state index in [2.05, 4.69) is 38.1 Å². The first-order valence-electron chi connectivity index (χ1n) is 6.95. The third-order valence-corrected chi connectivity index (χ3v) is 5.30. The van der Waals surface area contributed by atoms with Crippen LogP contribution in [0.25, 0.3) is 0 Å². The first kappa shape index (κ1) is 13.7. The molecule has 18 heavy (non-hydrogen) atoms. The first-order chi connectivity index (χ1) is 8.66. The molecule has 1 fully saturated rings. The average Bonchev–Trinajstić information content (AvgIpc) is 2.72. The van der Waals surface area contributed by atoms with Crippen molar-refractivity contribution < 1.29 is 4.79 Å². The maximum absolute atomic E-state index is 12.3. The van der Waals surface area contributed by atoms with Gasteiger partial charge in [0.05, 0.1) is 4.75 Å². The monoisotopic (exact) mass is 262 g/mol. The lowest BCUT2D eigenvalue weighted by Gasteiger charge is -2.26. The Morgan fingerprint density at radius 1 is 1.28 bits per heavy atom. The Bertz CT molecular complexity index is 410. The molecule has 1 aromatic carbocycles. The van der Waals surface area contributed by atoms with E-state index < -0.39 is 0 Å². The lowest BCUT2D eigenvalue weighted by molar-refractivity contribution is -0.119. The molecule has 2 heteroatoms. The molecule has 0 N–H and O–H groups in total. The zero-order chi connectivity index (χ0) is 13.0. The topological polar surface area (TPSA) is 17.1 Å². The van der Waals surface area contributed by atoms with Crippen LogP contribution in [0, 0.1) is 6.92 Å². The van der Waals surface area contributed by atoms with Gasteiger partial charge in [0.2, 0.25) is 0 Å². The summed E-state index contributed by atoms with van der Waals surface area (Å²) in [6.45, 7) is 4.30. The molecular formula is C16H22OS. The smallest absolute Gasteiger partial charge is 0.149 e. The summed E-state index contributed by atoms with van der Waals surface area (Å²) >= 11 is 1.81. The van der Waals surface area contributed by atoms with Crippen LogP contribution in [0.1, 0.15) is 51.0 Å². The number of aryl methyl sites for hydroxylation is 1. The molecular weight excluding hydrogens is 240 g/mol. The molecule has 1 aliphatic carbocycles. The fourth-order valence-corrected chi connectivity index (χ4v) is 4.05. The zero-order valence-electron chi connectivity index (χ0n) is 11.4. The minimum absolute atomic E-state index is 0.120. The van der Waals surface area contributed by atoms with Crippen LogP contribution < -0.4 is 0 Å². The Morgan fingerprint density at radius 3 is 2.56 bits per heavy atom. The molecule has 1 aliphatic rings. The third-order valence-electron chi connectivity index (χ3n) is 3.76. The molecule has 1 aromatic rings. The van der Waals surface area contributed by atoms with Gasteiger partial charge in [0.25, 0.3) is 0 Å². The molecule has 1 atom stereocenters. The average molecular weight is 262 g/mol. The molecule has 0 amide bonds. The highest BCUT2D eigenvalue weighted by atomic mass is 32.2. The Balaban J connectivity index is 2.14. The van der Waals surface area contributed by atoms with E-state index in [4.69, 9.17) is 0 Å². The second kappa shape index (κ2) is 5.92. The van der Waals surface area contributed by atoms with Crippen LogP contribution in [0.15, 0.2) is 29.2 Å². The largest absolute Gasteiger partial charge is 0.298 e. The molecule has 98 valence electrons. The zero-order valence-corrected chi connectivity index (χ0v) is 12.2. The van der Waals surface area contributed by atoms with Crippen molar-refractivity contribution >= 4 is 17.5 Å². The number of Topliss-reactive ketones (excluding diaryl/α,β-unsaturated/α-hetero) is 1. The highest BCUT2D eigenvalue weighted by molar-refractivity contribution is 8.01. The summed E-state index contributed by atoms with van der Waals surface area (Å²) in [5.41, 5.74) is 1.28. The van der Waals surface area contributed by atoms with Crippen molar-refractivity contribution in [2.24, 2.45) is 0 Å². The molecule has 1 nitrogen and oxygen atoms in total. The highest BCUT2D eigenvalue weighted by Crippen LogP contribution is 2.46. The highest BCUT2D eigenvalue weighted by Gasteiger charge is 2.42. The summed E-state index contributed by atoms with van der Waals surface area (Å²) in [5.74, 6) is 0.474. The van der Waals surface area contributed by atoms with Crippen molar-refractivity contribution in [3.8, 4) is 0 Å². The van der Waals surface area contributed by atoms with Gasteiger partial charge in [-0.2, -0.15) is 0 Å². The minimum Gasteiger partial charge on any atom is -0.298 e. The maximum Gasteiger partial charge on any atom is 0.149 e. The standard InChI is InChI=1S/C16H22OS/c1-3-4-11-16(12-5-6-15(16)17)18-14-9-7-13(2)8-10-14/h7-10H,3-6,11-12H2,1-2H3. The van der Waals surface area contributed by atoms with Crippen molar-refractivity contribution in [1.29, 1.82) is 0 Å². The molecule has 0 heterocycles. The van der Waals surface area contributed by atoms with E-state index in [1.807, 2.05) is 0 Å². The summed E-state index contributed by atoms with van der Waals surface area (Å²) in [6.07, 6.45) is 6.28. The number of thioether (sulfide) groups is 1. The summed E-state index contributed by atoms with van der Waals surface area (Å²) in [4.78, 5) is 13.5. The Morgan fingerprint density at radius 2 is 2.00 bits per heavy atom. The minimum atomic E-state index is -0.120.